The molecule has 0 aromatic heterocycles. The van der Waals surface area contributed by atoms with Gasteiger partial charge in [-0.3, -0.25) is 4.79 Å². The lowest BCUT2D eigenvalue weighted by Gasteiger charge is -2.10. The summed E-state index contributed by atoms with van der Waals surface area (Å²) in [5.74, 6) is -0.361. The Bertz CT molecular complexity index is 825. The lowest BCUT2D eigenvalue weighted by atomic mass is 10.0. The molecule has 5 nitrogen and oxygen atoms in total. The molecule has 122 valence electrons. The van der Waals surface area contributed by atoms with Crippen LogP contribution in [0.25, 0.3) is 11.6 Å². The predicted octanol–water partition coefficient (Wildman–Crippen LogP) is 2.76. The van der Waals surface area contributed by atoms with E-state index in [1.54, 1.807) is 36.4 Å². The third-order valence-electron chi connectivity index (χ3n) is 3.15. The van der Waals surface area contributed by atoms with Crippen LogP contribution < -0.4 is 15.2 Å². The summed E-state index contributed by atoms with van der Waals surface area (Å²) in [5, 5.41) is 9.30. The molecular weight excluding hydrogens is 311 g/mol. The molecule has 0 heterocycles. The molecule has 0 aliphatic carbocycles. The van der Waals surface area contributed by atoms with Crippen molar-refractivity contribution in [3.8, 4) is 17.6 Å². The third kappa shape index (κ3) is 4.11. The van der Waals surface area contributed by atoms with Gasteiger partial charge < -0.3 is 15.2 Å². The zero-order valence-corrected chi connectivity index (χ0v) is 13.0. The summed E-state index contributed by atoms with van der Waals surface area (Å²) in [4.78, 5) is 10.8. The summed E-state index contributed by atoms with van der Waals surface area (Å²) in [6.45, 7) is -0.274. The Morgan fingerprint density at radius 2 is 2.04 bits per heavy atom. The van der Waals surface area contributed by atoms with E-state index >= 15 is 0 Å². The molecule has 2 aromatic rings. The maximum atomic E-state index is 13.8. The minimum absolute atomic E-state index is 0.181. The zero-order valence-electron chi connectivity index (χ0n) is 13.0. The molecular formula is C18H15FN2O3. The Morgan fingerprint density at radius 3 is 2.67 bits per heavy atom. The number of benzene rings is 2. The molecule has 1 amide bonds. The van der Waals surface area contributed by atoms with E-state index < -0.39 is 11.7 Å². The van der Waals surface area contributed by atoms with E-state index in [1.165, 1.54) is 19.2 Å². The van der Waals surface area contributed by atoms with Gasteiger partial charge in [-0.15, -0.1) is 0 Å². The first kappa shape index (κ1) is 17.0. The number of nitrogens with two attached hydrogens (primary N) is 1. The maximum Gasteiger partial charge on any atom is 0.255 e. The van der Waals surface area contributed by atoms with Gasteiger partial charge in [0.15, 0.2) is 18.1 Å². The van der Waals surface area contributed by atoms with Crippen LogP contribution in [-0.4, -0.2) is 19.6 Å². The second-order valence-corrected chi connectivity index (χ2v) is 4.81. The van der Waals surface area contributed by atoms with Gasteiger partial charge in [-0.25, -0.2) is 4.39 Å². The van der Waals surface area contributed by atoms with Gasteiger partial charge in [0.2, 0.25) is 0 Å². The Morgan fingerprint density at radius 1 is 1.29 bits per heavy atom. The summed E-state index contributed by atoms with van der Waals surface area (Å²) in [6, 6.07) is 12.9. The number of primary amides is 1. The Hall–Kier alpha value is -3.33. The molecule has 2 aromatic carbocycles. The molecule has 0 spiro atoms. The Labute approximate surface area is 138 Å². The van der Waals surface area contributed by atoms with Gasteiger partial charge in [0.05, 0.1) is 18.8 Å². The van der Waals surface area contributed by atoms with Crippen LogP contribution in [0.15, 0.2) is 42.5 Å². The Balaban J connectivity index is 2.36. The van der Waals surface area contributed by atoms with E-state index in [9.17, 15) is 14.4 Å². The van der Waals surface area contributed by atoms with E-state index in [0.717, 1.165) is 0 Å². The number of carbonyl (C=O) groups is 1. The molecule has 0 aliphatic heterocycles. The van der Waals surface area contributed by atoms with Gasteiger partial charge in [-0.1, -0.05) is 24.3 Å². The second kappa shape index (κ2) is 7.79. The number of hydrogen-bond donors (Lipinski definition) is 1. The number of nitriles is 1. The normalized spacial score (nSPS) is 10.8. The molecule has 2 rings (SSSR count). The van der Waals surface area contributed by atoms with Crippen molar-refractivity contribution in [3.05, 3.63) is 59.4 Å². The number of nitrogens with zero attached hydrogens (tertiary/aromatic N) is 1. The van der Waals surface area contributed by atoms with Crippen molar-refractivity contribution in [2.24, 2.45) is 5.73 Å². The molecule has 0 unspecified atom stereocenters. The van der Waals surface area contributed by atoms with Crippen molar-refractivity contribution in [2.45, 2.75) is 0 Å². The van der Waals surface area contributed by atoms with Crippen molar-refractivity contribution >= 4 is 17.6 Å². The van der Waals surface area contributed by atoms with E-state index in [1.807, 2.05) is 6.07 Å². The Kier molecular flexibility index (Phi) is 5.53. The van der Waals surface area contributed by atoms with Crippen LogP contribution in [-0.2, 0) is 4.79 Å². The summed E-state index contributed by atoms with van der Waals surface area (Å²) in [5.41, 5.74) is 6.06. The molecule has 2 N–H and O–H groups in total. The highest BCUT2D eigenvalue weighted by Crippen LogP contribution is 2.30. The number of methoxy groups -OCH3 is 1. The lowest BCUT2D eigenvalue weighted by molar-refractivity contribution is -0.119. The van der Waals surface area contributed by atoms with Crippen LogP contribution in [0, 0.1) is 17.1 Å². The first-order valence-corrected chi connectivity index (χ1v) is 7.01. The number of rotatable bonds is 6. The van der Waals surface area contributed by atoms with Crippen LogP contribution in [0.2, 0.25) is 0 Å². The molecule has 0 fully saturated rings. The number of amides is 1. The van der Waals surface area contributed by atoms with Gasteiger partial charge in [0.25, 0.3) is 5.91 Å². The number of hydrogen-bond acceptors (Lipinski definition) is 4. The van der Waals surface area contributed by atoms with Crippen molar-refractivity contribution in [1.29, 1.82) is 5.26 Å². The van der Waals surface area contributed by atoms with Gasteiger partial charge >= 0.3 is 0 Å². The molecule has 0 aliphatic rings. The number of carbonyl (C=O) groups excluding carboxylic acids is 1. The molecule has 0 atom stereocenters. The topological polar surface area (TPSA) is 85.3 Å². The summed E-state index contributed by atoms with van der Waals surface area (Å²) < 4.78 is 24.3. The third-order valence-corrected chi connectivity index (χ3v) is 3.15. The number of allylic oxidation sites excluding steroid dienone is 1. The molecule has 6 heteroatoms. The predicted molar refractivity (Wildman–Crippen MR) is 87.6 cm³/mol. The fraction of sp³-hybridized carbons (Fsp3) is 0.111. The van der Waals surface area contributed by atoms with Gasteiger partial charge in [-0.05, 0) is 29.8 Å². The first-order chi connectivity index (χ1) is 11.5. The maximum absolute atomic E-state index is 13.8. The molecule has 0 radical (unpaired) electrons. The van der Waals surface area contributed by atoms with Crippen molar-refractivity contribution in [1.82, 2.24) is 0 Å². The summed E-state index contributed by atoms with van der Waals surface area (Å²) >= 11 is 0. The van der Waals surface area contributed by atoms with Crippen molar-refractivity contribution in [2.75, 3.05) is 13.7 Å². The number of ether oxygens (including phenoxy) is 2. The quantitative estimate of drug-likeness (QED) is 0.653. The highest BCUT2D eigenvalue weighted by atomic mass is 19.1. The average Bonchev–Trinajstić information content (AvgIpc) is 2.58. The van der Waals surface area contributed by atoms with Crippen molar-refractivity contribution < 1.29 is 18.7 Å². The van der Waals surface area contributed by atoms with E-state index in [4.69, 9.17) is 15.2 Å². The number of halogens is 1. The van der Waals surface area contributed by atoms with Gasteiger partial charge in [0.1, 0.15) is 5.82 Å². The monoisotopic (exact) mass is 326 g/mol. The second-order valence-electron chi connectivity index (χ2n) is 4.81. The van der Waals surface area contributed by atoms with E-state index in [2.05, 4.69) is 0 Å². The van der Waals surface area contributed by atoms with E-state index in [-0.39, 0.29) is 17.7 Å². The van der Waals surface area contributed by atoms with Crippen LogP contribution in [0.1, 0.15) is 11.1 Å². The zero-order chi connectivity index (χ0) is 17.5. The van der Waals surface area contributed by atoms with Crippen molar-refractivity contribution in [3.63, 3.8) is 0 Å². The standard InChI is InChI=1S/C18H15FN2O3/c1-23-17-9-12(6-7-16(17)24-11-18(21)22)8-13(10-20)14-4-2-3-5-15(14)19/h2-9H,11H2,1H3,(H2,21,22)/b13-8-. The lowest BCUT2D eigenvalue weighted by Crippen LogP contribution is -2.20. The SMILES string of the molecule is COc1cc(/C=C(/C#N)c2ccccc2F)ccc1OCC(N)=O. The fourth-order valence-electron chi connectivity index (χ4n) is 2.06. The van der Waals surface area contributed by atoms with Crippen LogP contribution in [0.5, 0.6) is 11.5 Å². The first-order valence-electron chi connectivity index (χ1n) is 7.01. The molecule has 24 heavy (non-hydrogen) atoms. The summed E-state index contributed by atoms with van der Waals surface area (Å²) in [6.07, 6.45) is 1.54. The smallest absolute Gasteiger partial charge is 0.255 e. The minimum Gasteiger partial charge on any atom is -0.493 e. The minimum atomic E-state index is -0.604. The molecule has 0 saturated heterocycles. The molecule has 0 bridgehead atoms. The van der Waals surface area contributed by atoms with Crippen LogP contribution in [0.4, 0.5) is 4.39 Å². The fourth-order valence-corrected chi connectivity index (χ4v) is 2.06. The largest absolute Gasteiger partial charge is 0.493 e. The van der Waals surface area contributed by atoms with Crippen LogP contribution >= 0.6 is 0 Å². The van der Waals surface area contributed by atoms with Crippen LogP contribution in [0.3, 0.4) is 0 Å². The van der Waals surface area contributed by atoms with E-state index in [0.29, 0.717) is 17.1 Å². The average molecular weight is 326 g/mol. The summed E-state index contributed by atoms with van der Waals surface area (Å²) in [7, 11) is 1.45. The molecule has 0 saturated carbocycles. The van der Waals surface area contributed by atoms with Gasteiger partial charge in [0, 0.05) is 5.56 Å². The van der Waals surface area contributed by atoms with Gasteiger partial charge in [-0.2, -0.15) is 5.26 Å². The highest BCUT2D eigenvalue weighted by Gasteiger charge is 2.09. The highest BCUT2D eigenvalue weighted by molar-refractivity contribution is 5.90.